The quantitative estimate of drug-likeness (QED) is 0.206. The summed E-state index contributed by atoms with van der Waals surface area (Å²) in [5, 5.41) is 0. The van der Waals surface area contributed by atoms with E-state index in [1.807, 2.05) is 34.1 Å². The van der Waals surface area contributed by atoms with Crippen LogP contribution in [0.5, 0.6) is 0 Å². The van der Waals surface area contributed by atoms with Crippen LogP contribution in [0.25, 0.3) is 22.1 Å². The fourth-order valence-corrected chi connectivity index (χ4v) is 7.33. The minimum absolute atomic E-state index is 0.0355. The Morgan fingerprint density at radius 1 is 0.646 bits per heavy atom. The summed E-state index contributed by atoms with van der Waals surface area (Å²) >= 11 is 0. The molecule has 2 fully saturated rings. The molecule has 2 aliphatic rings. The fourth-order valence-electron chi connectivity index (χ4n) is 7.33. The van der Waals surface area contributed by atoms with Gasteiger partial charge in [0, 0.05) is 37.9 Å². The number of hydrogen-bond donors (Lipinski definition) is 2. The molecule has 0 saturated carbocycles. The van der Waals surface area contributed by atoms with Crippen LogP contribution in [0.1, 0.15) is 71.7 Å². The summed E-state index contributed by atoms with van der Waals surface area (Å²) in [6, 6.07) is 20.4. The van der Waals surface area contributed by atoms with Gasteiger partial charge in [-0.2, -0.15) is 0 Å². The third-order valence-electron chi connectivity index (χ3n) is 9.77. The molecule has 6 heterocycles. The second-order valence-electron chi connectivity index (χ2n) is 13.0. The molecule has 0 unspecified atom stereocenters. The number of aryl methyl sites for hydroxylation is 2. The van der Waals surface area contributed by atoms with Crippen LogP contribution in [0.4, 0.5) is 0 Å². The summed E-state index contributed by atoms with van der Waals surface area (Å²) in [7, 11) is 0. The molecule has 2 N–H and O–H groups in total. The number of hydrogen-bond acceptors (Lipinski definition) is 6. The van der Waals surface area contributed by atoms with Crippen molar-refractivity contribution in [2.45, 2.75) is 63.5 Å². The van der Waals surface area contributed by atoms with E-state index in [1.54, 1.807) is 24.8 Å². The number of fused-ring (bicyclic) bond motifs is 2. The number of rotatable bonds is 9. The van der Waals surface area contributed by atoms with Crippen LogP contribution in [0.3, 0.4) is 0 Å². The number of H-pyrrole nitrogens is 2. The zero-order chi connectivity index (χ0) is 32.5. The van der Waals surface area contributed by atoms with Crippen LogP contribution in [0.2, 0.25) is 0 Å². The number of aromatic amines is 2. The first kappa shape index (κ1) is 30.0. The van der Waals surface area contributed by atoms with E-state index in [-0.39, 0.29) is 23.9 Å². The van der Waals surface area contributed by atoms with Crippen LogP contribution >= 0.6 is 0 Å². The van der Waals surface area contributed by atoms with E-state index in [2.05, 4.69) is 56.3 Å². The summed E-state index contributed by atoms with van der Waals surface area (Å²) < 4.78 is 0. The van der Waals surface area contributed by atoms with Crippen molar-refractivity contribution in [2.24, 2.45) is 0 Å². The number of pyridine rings is 2. The molecule has 2 aromatic carbocycles. The van der Waals surface area contributed by atoms with E-state index in [9.17, 15) is 9.59 Å². The SMILES string of the molecule is O=C(Cc1cccnc1)N1CCC[C@H]1c1nc2ccc(CCc3ccc4nc([C@@H]5CCCN5C(=O)Cc5cccnc5)[nH]c4c3)cc2[nH]1. The lowest BCUT2D eigenvalue weighted by atomic mass is 10.0. The smallest absolute Gasteiger partial charge is 0.227 e. The monoisotopic (exact) mass is 638 g/mol. The Kier molecular flexibility index (Phi) is 8.13. The Balaban J connectivity index is 0.927. The van der Waals surface area contributed by atoms with Crippen molar-refractivity contribution in [3.8, 4) is 0 Å². The largest absolute Gasteiger partial charge is 0.340 e. The molecule has 2 atom stereocenters. The number of carbonyl (C=O) groups is 2. The van der Waals surface area contributed by atoms with Gasteiger partial charge < -0.3 is 19.8 Å². The van der Waals surface area contributed by atoms with Gasteiger partial charge >= 0.3 is 0 Å². The average molecular weight is 639 g/mol. The maximum absolute atomic E-state index is 13.2. The highest BCUT2D eigenvalue weighted by molar-refractivity contribution is 5.81. The standard InChI is InChI=1S/C38H38N8O2/c47-35(21-27-5-1-15-39-23-27)45-17-3-7-33(45)37-41-29-13-11-25(19-31(29)43-37)9-10-26-12-14-30-32(20-26)44-38(42-30)34-8-4-18-46(34)36(48)22-28-6-2-16-40-24-28/h1-2,5-6,11-16,19-20,23-24,33-34H,3-4,7-10,17-18,21-22H2,(H,41,43)(H,42,44)/t33-,34-/m0/s1. The van der Waals surface area contributed by atoms with Gasteiger partial charge in [-0.25, -0.2) is 9.97 Å². The van der Waals surface area contributed by atoms with E-state index in [4.69, 9.17) is 9.97 Å². The molecule has 0 bridgehead atoms. The van der Waals surface area contributed by atoms with E-state index in [1.165, 1.54) is 11.1 Å². The molecule has 4 aromatic heterocycles. The van der Waals surface area contributed by atoms with Gasteiger partial charge in [0.1, 0.15) is 11.6 Å². The van der Waals surface area contributed by atoms with Gasteiger partial charge in [-0.3, -0.25) is 19.6 Å². The number of benzene rings is 2. The molecule has 2 amide bonds. The zero-order valence-electron chi connectivity index (χ0n) is 26.8. The molecular weight excluding hydrogens is 600 g/mol. The summed E-state index contributed by atoms with van der Waals surface area (Å²) in [5.74, 6) is 1.95. The van der Waals surface area contributed by atoms with E-state index >= 15 is 0 Å². The number of aromatic nitrogens is 6. The molecule has 8 rings (SSSR count). The summed E-state index contributed by atoms with van der Waals surface area (Å²) in [5.41, 5.74) is 8.17. The Hall–Kier alpha value is -5.38. The van der Waals surface area contributed by atoms with E-state index in [0.717, 1.165) is 96.5 Å². The highest BCUT2D eigenvalue weighted by Crippen LogP contribution is 2.34. The minimum atomic E-state index is -0.0355. The lowest BCUT2D eigenvalue weighted by Crippen LogP contribution is -2.32. The third-order valence-corrected chi connectivity index (χ3v) is 9.77. The maximum atomic E-state index is 13.2. The lowest BCUT2D eigenvalue weighted by Gasteiger charge is -2.23. The van der Waals surface area contributed by atoms with Gasteiger partial charge in [0.2, 0.25) is 11.8 Å². The van der Waals surface area contributed by atoms with Crippen LogP contribution in [-0.2, 0) is 35.3 Å². The predicted octanol–water partition coefficient (Wildman–Crippen LogP) is 5.83. The first-order valence-corrected chi connectivity index (χ1v) is 16.9. The van der Waals surface area contributed by atoms with Crippen molar-refractivity contribution in [2.75, 3.05) is 13.1 Å². The molecule has 10 nitrogen and oxygen atoms in total. The second-order valence-corrected chi connectivity index (χ2v) is 13.0. The van der Waals surface area contributed by atoms with Gasteiger partial charge in [0.05, 0.1) is 47.0 Å². The van der Waals surface area contributed by atoms with Gasteiger partial charge in [-0.1, -0.05) is 24.3 Å². The molecular formula is C38H38N8O2. The Labute approximate surface area is 278 Å². The normalized spacial score (nSPS) is 17.9. The molecule has 6 aromatic rings. The number of nitrogens with zero attached hydrogens (tertiary/aromatic N) is 6. The number of carbonyl (C=O) groups excluding carboxylic acids is 2. The number of imidazole rings is 2. The van der Waals surface area contributed by atoms with Crippen molar-refractivity contribution >= 4 is 33.9 Å². The minimum Gasteiger partial charge on any atom is -0.340 e. The van der Waals surface area contributed by atoms with Crippen molar-refractivity contribution in [3.63, 3.8) is 0 Å². The van der Waals surface area contributed by atoms with Crippen LogP contribution in [-0.4, -0.2) is 64.6 Å². The summed E-state index contributed by atoms with van der Waals surface area (Å²) in [4.78, 5) is 55.5. The fraction of sp³-hybridized carbons (Fsp3) is 0.316. The van der Waals surface area contributed by atoms with Gasteiger partial charge in [-0.05, 0) is 97.2 Å². The molecule has 0 radical (unpaired) electrons. The van der Waals surface area contributed by atoms with E-state index in [0.29, 0.717) is 12.8 Å². The lowest BCUT2D eigenvalue weighted by molar-refractivity contribution is -0.132. The van der Waals surface area contributed by atoms with Crippen LogP contribution in [0, 0.1) is 0 Å². The van der Waals surface area contributed by atoms with Gasteiger partial charge in [0.25, 0.3) is 0 Å². The maximum Gasteiger partial charge on any atom is 0.227 e. The second kappa shape index (κ2) is 13.0. The van der Waals surface area contributed by atoms with Crippen molar-refractivity contribution in [1.82, 2.24) is 39.7 Å². The molecule has 10 heteroatoms. The molecule has 2 saturated heterocycles. The van der Waals surface area contributed by atoms with E-state index < -0.39 is 0 Å². The number of likely N-dealkylation sites (tertiary alicyclic amines) is 2. The van der Waals surface area contributed by atoms with Crippen molar-refractivity contribution < 1.29 is 9.59 Å². The summed E-state index contributed by atoms with van der Waals surface area (Å²) in [6.45, 7) is 1.49. The predicted molar refractivity (Wildman–Crippen MR) is 183 cm³/mol. The van der Waals surface area contributed by atoms with Crippen molar-refractivity contribution in [1.29, 1.82) is 0 Å². The first-order valence-electron chi connectivity index (χ1n) is 16.9. The Bertz CT molecular complexity index is 1920. The molecule has 48 heavy (non-hydrogen) atoms. The number of nitrogens with one attached hydrogen (secondary N) is 2. The molecule has 0 spiro atoms. The van der Waals surface area contributed by atoms with Crippen LogP contribution < -0.4 is 0 Å². The number of amides is 2. The van der Waals surface area contributed by atoms with Gasteiger partial charge in [0.15, 0.2) is 0 Å². The van der Waals surface area contributed by atoms with Gasteiger partial charge in [-0.15, -0.1) is 0 Å². The zero-order valence-corrected chi connectivity index (χ0v) is 26.8. The molecule has 2 aliphatic heterocycles. The molecule has 242 valence electrons. The highest BCUT2D eigenvalue weighted by atomic mass is 16.2. The third kappa shape index (κ3) is 6.17. The van der Waals surface area contributed by atoms with Crippen molar-refractivity contribution in [3.05, 3.63) is 119 Å². The topological polar surface area (TPSA) is 124 Å². The highest BCUT2D eigenvalue weighted by Gasteiger charge is 2.33. The summed E-state index contributed by atoms with van der Waals surface area (Å²) in [6.07, 6.45) is 13.2. The average Bonchev–Trinajstić information content (AvgIpc) is 3.93. The molecule has 0 aliphatic carbocycles. The Morgan fingerprint density at radius 2 is 1.12 bits per heavy atom. The Morgan fingerprint density at radius 3 is 1.56 bits per heavy atom. The first-order chi connectivity index (χ1) is 23.6. The van der Waals surface area contributed by atoms with Crippen LogP contribution in [0.15, 0.2) is 85.5 Å².